The summed E-state index contributed by atoms with van der Waals surface area (Å²) in [6.45, 7) is 3.60. The lowest BCUT2D eigenvalue weighted by molar-refractivity contribution is -0.118. The first-order chi connectivity index (χ1) is 13.1. The molecule has 0 unspecified atom stereocenters. The molecular formula is C19H26ClN3O3S. The van der Waals surface area contributed by atoms with Crippen LogP contribution in [-0.4, -0.2) is 41.5 Å². The Morgan fingerprint density at radius 3 is 2.89 bits per heavy atom. The third-order valence-corrected chi connectivity index (χ3v) is 5.30. The lowest BCUT2D eigenvalue weighted by Gasteiger charge is -2.13. The van der Waals surface area contributed by atoms with Crippen LogP contribution in [0.1, 0.15) is 32.6 Å². The molecule has 0 spiro atoms. The largest absolute Gasteiger partial charge is 0.383 e. The molecule has 2 aromatic rings. The van der Waals surface area contributed by atoms with Crippen LogP contribution in [0, 0.1) is 0 Å². The average Bonchev–Trinajstić information content (AvgIpc) is 2.65. The number of unbranched alkanes of at least 4 members (excludes halogenated alkanes) is 3. The molecule has 0 atom stereocenters. The van der Waals surface area contributed by atoms with Gasteiger partial charge in [0.25, 0.3) is 5.56 Å². The van der Waals surface area contributed by atoms with E-state index in [2.05, 4.69) is 17.2 Å². The van der Waals surface area contributed by atoms with Crippen molar-refractivity contribution in [2.45, 2.75) is 44.3 Å². The van der Waals surface area contributed by atoms with Gasteiger partial charge in [-0.3, -0.25) is 14.2 Å². The van der Waals surface area contributed by atoms with E-state index >= 15 is 0 Å². The number of aromatic nitrogens is 2. The van der Waals surface area contributed by atoms with Gasteiger partial charge in [0.2, 0.25) is 5.91 Å². The minimum atomic E-state index is -0.156. The lowest BCUT2D eigenvalue weighted by Crippen LogP contribution is -2.28. The zero-order chi connectivity index (χ0) is 19.6. The van der Waals surface area contributed by atoms with Gasteiger partial charge in [-0.1, -0.05) is 49.5 Å². The van der Waals surface area contributed by atoms with Gasteiger partial charge in [-0.15, -0.1) is 0 Å². The Morgan fingerprint density at radius 1 is 1.33 bits per heavy atom. The normalized spacial score (nSPS) is 11.1. The third-order valence-electron chi connectivity index (χ3n) is 4.09. The molecule has 1 aromatic heterocycles. The first-order valence-electron chi connectivity index (χ1n) is 9.15. The van der Waals surface area contributed by atoms with Gasteiger partial charge in [-0.2, -0.15) is 0 Å². The molecule has 0 saturated heterocycles. The van der Waals surface area contributed by atoms with Crippen molar-refractivity contribution in [3.8, 4) is 0 Å². The highest BCUT2D eigenvalue weighted by atomic mass is 35.5. The zero-order valence-electron chi connectivity index (χ0n) is 15.8. The van der Waals surface area contributed by atoms with Crippen LogP contribution in [0.25, 0.3) is 10.9 Å². The SMILES string of the molecule is CCCCCCNC(=O)CSc1nc2cc(Cl)ccc2c(=O)n1CCOC. The molecule has 0 fully saturated rings. The molecular weight excluding hydrogens is 386 g/mol. The molecule has 0 radical (unpaired) electrons. The molecule has 2 rings (SSSR count). The third kappa shape index (κ3) is 6.52. The minimum Gasteiger partial charge on any atom is -0.383 e. The van der Waals surface area contributed by atoms with Gasteiger partial charge >= 0.3 is 0 Å². The van der Waals surface area contributed by atoms with Crippen molar-refractivity contribution in [2.24, 2.45) is 0 Å². The summed E-state index contributed by atoms with van der Waals surface area (Å²) in [7, 11) is 1.58. The number of benzene rings is 1. The van der Waals surface area contributed by atoms with Crippen molar-refractivity contribution < 1.29 is 9.53 Å². The predicted octanol–water partition coefficient (Wildman–Crippen LogP) is 3.48. The van der Waals surface area contributed by atoms with Crippen LogP contribution in [-0.2, 0) is 16.1 Å². The van der Waals surface area contributed by atoms with E-state index in [9.17, 15) is 9.59 Å². The highest BCUT2D eigenvalue weighted by molar-refractivity contribution is 7.99. The molecule has 1 heterocycles. The maximum atomic E-state index is 12.8. The number of rotatable bonds is 11. The van der Waals surface area contributed by atoms with Crippen LogP contribution in [0.4, 0.5) is 0 Å². The lowest BCUT2D eigenvalue weighted by atomic mass is 10.2. The van der Waals surface area contributed by atoms with E-state index in [1.807, 2.05) is 0 Å². The topological polar surface area (TPSA) is 73.2 Å². The quantitative estimate of drug-likeness (QED) is 0.348. The smallest absolute Gasteiger partial charge is 0.262 e. The number of amides is 1. The number of carbonyl (C=O) groups excluding carboxylic acids is 1. The summed E-state index contributed by atoms with van der Waals surface area (Å²) < 4.78 is 6.66. The summed E-state index contributed by atoms with van der Waals surface area (Å²) in [5.74, 6) is 0.148. The Morgan fingerprint density at radius 2 is 2.15 bits per heavy atom. The fourth-order valence-electron chi connectivity index (χ4n) is 2.62. The van der Waals surface area contributed by atoms with Crippen molar-refractivity contribution in [2.75, 3.05) is 26.0 Å². The minimum absolute atomic E-state index is 0.0600. The maximum absolute atomic E-state index is 12.8. The monoisotopic (exact) mass is 411 g/mol. The second kappa shape index (κ2) is 11.3. The Balaban J connectivity index is 2.10. The number of thioether (sulfide) groups is 1. The van der Waals surface area contributed by atoms with E-state index in [1.165, 1.54) is 24.6 Å². The highest BCUT2D eigenvalue weighted by Crippen LogP contribution is 2.20. The van der Waals surface area contributed by atoms with Crippen molar-refractivity contribution in [3.63, 3.8) is 0 Å². The maximum Gasteiger partial charge on any atom is 0.262 e. The van der Waals surface area contributed by atoms with Crippen molar-refractivity contribution in [1.82, 2.24) is 14.9 Å². The van der Waals surface area contributed by atoms with Gasteiger partial charge in [0, 0.05) is 18.7 Å². The van der Waals surface area contributed by atoms with E-state index < -0.39 is 0 Å². The summed E-state index contributed by atoms with van der Waals surface area (Å²) in [6, 6.07) is 5.01. The number of methoxy groups -OCH3 is 1. The number of nitrogens with one attached hydrogen (secondary N) is 1. The molecule has 6 nitrogen and oxygen atoms in total. The van der Waals surface area contributed by atoms with E-state index in [-0.39, 0.29) is 17.2 Å². The second-order valence-electron chi connectivity index (χ2n) is 6.20. The van der Waals surface area contributed by atoms with Crippen LogP contribution >= 0.6 is 23.4 Å². The van der Waals surface area contributed by atoms with Gasteiger partial charge < -0.3 is 10.1 Å². The van der Waals surface area contributed by atoms with Gasteiger partial charge in [-0.05, 0) is 24.6 Å². The van der Waals surface area contributed by atoms with E-state index in [4.69, 9.17) is 16.3 Å². The van der Waals surface area contributed by atoms with Gasteiger partial charge in [0.05, 0.1) is 29.8 Å². The molecule has 0 bridgehead atoms. The number of nitrogens with zero attached hydrogens (tertiary/aromatic N) is 2. The summed E-state index contributed by atoms with van der Waals surface area (Å²) >= 11 is 7.28. The molecule has 148 valence electrons. The standard InChI is InChI=1S/C19H26ClN3O3S/c1-3-4-5-6-9-21-17(24)13-27-19-22-16-12-14(20)7-8-15(16)18(25)23(19)10-11-26-2/h7-8,12H,3-6,9-11,13H2,1-2H3,(H,21,24). The molecule has 1 N–H and O–H groups in total. The van der Waals surface area contributed by atoms with E-state index in [0.717, 1.165) is 12.8 Å². The average molecular weight is 412 g/mol. The van der Waals surface area contributed by atoms with Crippen LogP contribution in [0.5, 0.6) is 0 Å². The number of hydrogen-bond donors (Lipinski definition) is 1. The molecule has 0 aliphatic rings. The summed E-state index contributed by atoms with van der Waals surface area (Å²) in [6.07, 6.45) is 4.45. The van der Waals surface area contributed by atoms with Crippen LogP contribution in [0.2, 0.25) is 5.02 Å². The summed E-state index contributed by atoms with van der Waals surface area (Å²) in [5, 5.41) is 4.43. The fourth-order valence-corrected chi connectivity index (χ4v) is 3.65. The number of ether oxygens (including phenoxy) is 1. The van der Waals surface area contributed by atoms with Gasteiger partial charge in [0.1, 0.15) is 0 Å². The number of hydrogen-bond acceptors (Lipinski definition) is 5. The molecule has 1 amide bonds. The zero-order valence-corrected chi connectivity index (χ0v) is 17.4. The molecule has 27 heavy (non-hydrogen) atoms. The Hall–Kier alpha value is -1.57. The Labute approximate surface area is 168 Å². The van der Waals surface area contributed by atoms with Crippen molar-refractivity contribution in [3.05, 3.63) is 33.6 Å². The van der Waals surface area contributed by atoms with Crippen molar-refractivity contribution >= 4 is 40.2 Å². The van der Waals surface area contributed by atoms with Crippen molar-refractivity contribution in [1.29, 1.82) is 0 Å². The van der Waals surface area contributed by atoms with Crippen LogP contribution in [0.3, 0.4) is 0 Å². The van der Waals surface area contributed by atoms with Crippen LogP contribution < -0.4 is 10.9 Å². The van der Waals surface area contributed by atoms with Gasteiger partial charge in [-0.25, -0.2) is 4.98 Å². The summed E-state index contributed by atoms with van der Waals surface area (Å²) in [4.78, 5) is 29.4. The van der Waals surface area contributed by atoms with E-state index in [1.54, 1.807) is 29.9 Å². The molecule has 8 heteroatoms. The molecule has 0 aliphatic heterocycles. The number of carbonyl (C=O) groups is 1. The highest BCUT2D eigenvalue weighted by Gasteiger charge is 2.13. The molecule has 0 aliphatic carbocycles. The predicted molar refractivity (Wildman–Crippen MR) is 111 cm³/mol. The number of fused-ring (bicyclic) bond motifs is 1. The Kier molecular flexibility index (Phi) is 9.10. The van der Waals surface area contributed by atoms with Crippen LogP contribution in [0.15, 0.2) is 28.2 Å². The first kappa shape index (κ1) is 21.7. The second-order valence-corrected chi connectivity index (χ2v) is 7.58. The Bertz CT molecular complexity index is 826. The molecule has 0 saturated carbocycles. The van der Waals surface area contributed by atoms with Gasteiger partial charge in [0.15, 0.2) is 5.16 Å². The molecule has 1 aromatic carbocycles. The fraction of sp³-hybridized carbons (Fsp3) is 0.526. The first-order valence-corrected chi connectivity index (χ1v) is 10.5. The van der Waals surface area contributed by atoms with E-state index in [0.29, 0.717) is 40.8 Å². The summed E-state index contributed by atoms with van der Waals surface area (Å²) in [5.41, 5.74) is 0.375. The number of halogens is 1.